The Balaban J connectivity index is 1.53. The molecule has 0 aliphatic heterocycles. The van der Waals surface area contributed by atoms with Gasteiger partial charge < -0.3 is 5.32 Å². The Bertz CT molecular complexity index is 1130. The van der Waals surface area contributed by atoms with Crippen LogP contribution in [0.1, 0.15) is 48.7 Å². The van der Waals surface area contributed by atoms with Crippen LogP contribution in [0.25, 0.3) is 10.9 Å². The van der Waals surface area contributed by atoms with Crippen molar-refractivity contribution in [3.63, 3.8) is 0 Å². The fraction of sp³-hybridized carbons (Fsp3) is 0.400. The van der Waals surface area contributed by atoms with Crippen LogP contribution in [0.2, 0.25) is 0 Å². The number of hydrogen-bond acceptors (Lipinski definition) is 4. The topological polar surface area (TPSA) is 81.8 Å². The van der Waals surface area contributed by atoms with Gasteiger partial charge >= 0.3 is 0 Å². The van der Waals surface area contributed by atoms with E-state index in [1.165, 1.54) is 6.07 Å². The molecule has 1 aliphatic carbocycles. The number of fused-ring (bicyclic) bond motifs is 1. The van der Waals surface area contributed by atoms with Gasteiger partial charge in [-0.25, -0.2) is 9.07 Å². The van der Waals surface area contributed by atoms with Crippen LogP contribution in [0.15, 0.2) is 29.2 Å². The molecule has 1 unspecified atom stereocenters. The van der Waals surface area contributed by atoms with Gasteiger partial charge in [0.1, 0.15) is 12.4 Å². The first-order chi connectivity index (χ1) is 13.3. The second-order valence-corrected chi connectivity index (χ2v) is 7.43. The molecular formula is C20H22FN5O2. The van der Waals surface area contributed by atoms with E-state index in [1.54, 1.807) is 39.1 Å². The average Bonchev–Trinajstić information content (AvgIpc) is 3.43. The molecule has 1 atom stereocenters. The molecule has 0 bridgehead atoms. The molecule has 1 saturated carbocycles. The molecule has 0 spiro atoms. The van der Waals surface area contributed by atoms with Crippen LogP contribution in [-0.4, -0.2) is 25.5 Å². The summed E-state index contributed by atoms with van der Waals surface area (Å²) in [5.41, 5.74) is 2.24. The summed E-state index contributed by atoms with van der Waals surface area (Å²) in [7, 11) is 0. The summed E-state index contributed by atoms with van der Waals surface area (Å²) in [6.45, 7) is 5.04. The van der Waals surface area contributed by atoms with Crippen molar-refractivity contribution in [1.82, 2.24) is 24.9 Å². The predicted molar refractivity (Wildman–Crippen MR) is 102 cm³/mol. The molecule has 1 N–H and O–H groups in total. The summed E-state index contributed by atoms with van der Waals surface area (Å²) in [6, 6.07) is 4.81. The number of hydrogen-bond donors (Lipinski definition) is 1. The highest BCUT2D eigenvalue weighted by molar-refractivity contribution is 5.81. The summed E-state index contributed by atoms with van der Waals surface area (Å²) in [4.78, 5) is 25.2. The van der Waals surface area contributed by atoms with Crippen molar-refractivity contribution in [2.24, 2.45) is 0 Å². The van der Waals surface area contributed by atoms with E-state index in [1.807, 2.05) is 4.68 Å². The van der Waals surface area contributed by atoms with Gasteiger partial charge in [-0.05, 0) is 50.8 Å². The van der Waals surface area contributed by atoms with Crippen LogP contribution < -0.4 is 10.9 Å². The molecule has 1 aromatic carbocycles. The normalized spacial score (nSPS) is 15.0. The lowest BCUT2D eigenvalue weighted by Gasteiger charge is -2.15. The van der Waals surface area contributed by atoms with Crippen molar-refractivity contribution in [3.05, 3.63) is 57.4 Å². The number of nitrogens with zero attached hydrogens (tertiary/aromatic N) is 4. The Hall–Kier alpha value is -3.03. The van der Waals surface area contributed by atoms with Crippen molar-refractivity contribution in [3.8, 4) is 0 Å². The van der Waals surface area contributed by atoms with E-state index in [0.717, 1.165) is 17.5 Å². The van der Waals surface area contributed by atoms with E-state index in [0.29, 0.717) is 33.8 Å². The zero-order valence-corrected chi connectivity index (χ0v) is 16.1. The standard InChI is InChI=1S/C20H22FN5O2/c1-11-4-5-14(8-16(11)21)12(2)23-18(27)10-25-20(28)19-13(3)24-26(15-6-7-15)17(19)9-22-25/h4-5,8-9,12,15H,6-7,10H2,1-3H3,(H,23,27). The highest BCUT2D eigenvalue weighted by Gasteiger charge is 2.28. The minimum absolute atomic E-state index is 0.207. The molecule has 3 aromatic rings. The van der Waals surface area contributed by atoms with Gasteiger partial charge in [-0.1, -0.05) is 12.1 Å². The number of nitrogens with one attached hydrogen (secondary N) is 1. The van der Waals surface area contributed by atoms with Gasteiger partial charge in [0, 0.05) is 0 Å². The monoisotopic (exact) mass is 383 g/mol. The van der Waals surface area contributed by atoms with Crippen LogP contribution in [0.5, 0.6) is 0 Å². The molecule has 1 aliphatic rings. The van der Waals surface area contributed by atoms with Crippen LogP contribution in [0.3, 0.4) is 0 Å². The van der Waals surface area contributed by atoms with E-state index < -0.39 is 0 Å². The molecule has 0 radical (unpaired) electrons. The van der Waals surface area contributed by atoms with Gasteiger partial charge in [-0.2, -0.15) is 10.2 Å². The Kier molecular flexibility index (Phi) is 4.49. The third-order valence-electron chi connectivity index (χ3n) is 5.15. The number of benzene rings is 1. The third kappa shape index (κ3) is 3.30. The minimum Gasteiger partial charge on any atom is -0.348 e. The van der Waals surface area contributed by atoms with Crippen LogP contribution in [0, 0.1) is 19.7 Å². The molecule has 8 heteroatoms. The molecule has 7 nitrogen and oxygen atoms in total. The Labute approximate surface area is 161 Å². The van der Waals surface area contributed by atoms with Gasteiger partial charge in [-0.15, -0.1) is 0 Å². The average molecular weight is 383 g/mol. The van der Waals surface area contributed by atoms with Crippen LogP contribution in [-0.2, 0) is 11.3 Å². The molecule has 2 aromatic heterocycles. The van der Waals surface area contributed by atoms with Crippen molar-refractivity contribution in [2.75, 3.05) is 0 Å². The van der Waals surface area contributed by atoms with E-state index in [9.17, 15) is 14.0 Å². The van der Waals surface area contributed by atoms with E-state index in [-0.39, 0.29) is 29.9 Å². The molecule has 146 valence electrons. The summed E-state index contributed by atoms with van der Waals surface area (Å²) >= 11 is 0. The predicted octanol–water partition coefficient (Wildman–Crippen LogP) is 2.56. The summed E-state index contributed by atoms with van der Waals surface area (Å²) in [6.07, 6.45) is 3.71. The summed E-state index contributed by atoms with van der Waals surface area (Å²) < 4.78 is 16.8. The van der Waals surface area contributed by atoms with Gasteiger partial charge in [-0.3, -0.25) is 14.3 Å². The first kappa shape index (κ1) is 18.3. The quantitative estimate of drug-likeness (QED) is 0.734. The molecule has 28 heavy (non-hydrogen) atoms. The fourth-order valence-electron chi connectivity index (χ4n) is 3.35. The van der Waals surface area contributed by atoms with Crippen molar-refractivity contribution >= 4 is 16.8 Å². The van der Waals surface area contributed by atoms with Crippen molar-refractivity contribution < 1.29 is 9.18 Å². The second kappa shape index (κ2) is 6.85. The maximum atomic E-state index is 13.8. The highest BCUT2D eigenvalue weighted by Crippen LogP contribution is 2.36. The zero-order chi connectivity index (χ0) is 20.0. The Morgan fingerprint density at radius 1 is 1.36 bits per heavy atom. The third-order valence-corrected chi connectivity index (χ3v) is 5.15. The lowest BCUT2D eigenvalue weighted by Crippen LogP contribution is -2.35. The van der Waals surface area contributed by atoms with Gasteiger partial charge in [0.15, 0.2) is 0 Å². The van der Waals surface area contributed by atoms with Gasteiger partial charge in [0.05, 0.1) is 34.9 Å². The first-order valence-electron chi connectivity index (χ1n) is 9.35. The lowest BCUT2D eigenvalue weighted by molar-refractivity contribution is -0.122. The zero-order valence-electron chi connectivity index (χ0n) is 16.1. The van der Waals surface area contributed by atoms with Gasteiger partial charge in [0.2, 0.25) is 5.91 Å². The molecule has 1 fully saturated rings. The highest BCUT2D eigenvalue weighted by atomic mass is 19.1. The van der Waals surface area contributed by atoms with E-state index >= 15 is 0 Å². The molecule has 4 rings (SSSR count). The first-order valence-corrected chi connectivity index (χ1v) is 9.35. The summed E-state index contributed by atoms with van der Waals surface area (Å²) in [5, 5.41) is 11.9. The SMILES string of the molecule is Cc1ccc(C(C)NC(=O)Cn2ncc3c(c(C)nn3C3CC3)c2=O)cc1F. The maximum Gasteiger partial charge on any atom is 0.278 e. The van der Waals surface area contributed by atoms with Crippen LogP contribution in [0.4, 0.5) is 4.39 Å². The number of carbonyl (C=O) groups excluding carboxylic acids is 1. The molecule has 0 saturated heterocycles. The Morgan fingerprint density at radius 3 is 2.79 bits per heavy atom. The van der Waals surface area contributed by atoms with Crippen molar-refractivity contribution in [2.45, 2.75) is 52.2 Å². The fourth-order valence-corrected chi connectivity index (χ4v) is 3.35. The van der Waals surface area contributed by atoms with E-state index in [2.05, 4.69) is 15.5 Å². The van der Waals surface area contributed by atoms with E-state index in [4.69, 9.17) is 0 Å². The summed E-state index contributed by atoms with van der Waals surface area (Å²) in [5.74, 6) is -0.681. The number of rotatable bonds is 5. The smallest absolute Gasteiger partial charge is 0.278 e. The number of carbonyl (C=O) groups is 1. The largest absolute Gasteiger partial charge is 0.348 e. The minimum atomic E-state index is -0.388. The van der Waals surface area contributed by atoms with Crippen LogP contribution >= 0.6 is 0 Å². The number of amides is 1. The molecule has 1 amide bonds. The van der Waals surface area contributed by atoms with Gasteiger partial charge in [0.25, 0.3) is 5.56 Å². The molecular weight excluding hydrogens is 361 g/mol. The Morgan fingerprint density at radius 2 is 2.11 bits per heavy atom. The second-order valence-electron chi connectivity index (χ2n) is 7.43. The molecule has 2 heterocycles. The number of aromatic nitrogens is 4. The number of aryl methyl sites for hydroxylation is 2. The van der Waals surface area contributed by atoms with Crippen molar-refractivity contribution in [1.29, 1.82) is 0 Å². The number of halogens is 1. The lowest BCUT2D eigenvalue weighted by atomic mass is 10.1. The maximum absolute atomic E-state index is 13.8.